The normalized spacial score (nSPS) is 13.3. The second-order valence-corrected chi connectivity index (χ2v) is 14.7. The molecule has 0 amide bonds. The molecule has 272 valence electrons. The molecule has 0 aliphatic carbocycles. The van der Waals surface area contributed by atoms with Crippen LogP contribution in [-0.4, -0.2) is 81.9 Å². The summed E-state index contributed by atoms with van der Waals surface area (Å²) < 4.78 is 110. The SMILES string of the molecule is CCCCCCCC/C=C\CCCCCCCC[N+](CCO)(CCO)CCCCC.O=S(=O)([N-]S(=O)(=O)C(F)(F)F)C(F)(F)F. The number of aliphatic hydroxyl groups is 2. The van der Waals surface area contributed by atoms with Crippen molar-refractivity contribution in [3.8, 4) is 0 Å². The molecule has 0 atom stereocenters. The Labute approximate surface area is 267 Å². The Kier molecular flexibility index (Phi) is 25.8. The lowest BCUT2D eigenvalue weighted by atomic mass is 10.1. The van der Waals surface area contributed by atoms with Crippen LogP contribution in [-0.2, 0) is 20.0 Å². The van der Waals surface area contributed by atoms with E-state index in [0.29, 0.717) is 0 Å². The molecule has 0 rings (SSSR count). The smallest absolute Gasteiger partial charge is 0.421 e. The number of alkyl halides is 6. The van der Waals surface area contributed by atoms with Gasteiger partial charge in [0.05, 0.1) is 26.3 Å². The van der Waals surface area contributed by atoms with Crippen molar-refractivity contribution in [1.82, 2.24) is 0 Å². The molecule has 0 bridgehead atoms. The molecule has 45 heavy (non-hydrogen) atoms. The van der Waals surface area contributed by atoms with E-state index in [2.05, 4.69) is 26.0 Å². The summed E-state index contributed by atoms with van der Waals surface area (Å²) in [6.45, 7) is 8.81. The third kappa shape index (κ3) is 23.1. The fourth-order valence-electron chi connectivity index (χ4n) is 4.70. The monoisotopic (exact) mass is 706 g/mol. The van der Waals surface area contributed by atoms with Crippen LogP contribution < -0.4 is 0 Å². The lowest BCUT2D eigenvalue weighted by molar-refractivity contribution is -0.929. The van der Waals surface area contributed by atoms with Crippen LogP contribution in [0.2, 0.25) is 0 Å². The molecular weight excluding hydrogens is 650 g/mol. The van der Waals surface area contributed by atoms with Gasteiger partial charge in [-0.25, -0.2) is 16.8 Å². The highest BCUT2D eigenvalue weighted by molar-refractivity contribution is 8.13. The van der Waals surface area contributed by atoms with E-state index in [1.54, 1.807) is 0 Å². The maximum atomic E-state index is 11.4. The van der Waals surface area contributed by atoms with Crippen LogP contribution in [0.3, 0.4) is 0 Å². The number of hydrogen-bond acceptors (Lipinski definition) is 6. The Hall–Kier alpha value is -0.940. The zero-order valence-electron chi connectivity index (χ0n) is 26.9. The van der Waals surface area contributed by atoms with E-state index in [9.17, 15) is 53.4 Å². The molecule has 0 unspecified atom stereocenters. The van der Waals surface area contributed by atoms with Gasteiger partial charge in [-0.2, -0.15) is 26.3 Å². The minimum absolute atomic E-state index is 0.235. The zero-order valence-corrected chi connectivity index (χ0v) is 28.6. The summed E-state index contributed by atoms with van der Waals surface area (Å²) in [6, 6.07) is 0. The topological polar surface area (TPSA) is 123 Å². The predicted octanol–water partition coefficient (Wildman–Crippen LogP) is 8.07. The number of hydrogen-bond donors (Lipinski definition) is 2. The summed E-state index contributed by atoms with van der Waals surface area (Å²) in [4.78, 5) is 0. The van der Waals surface area contributed by atoms with Gasteiger partial charge in [0.15, 0.2) is 20.0 Å². The molecule has 0 aromatic carbocycles. The summed E-state index contributed by atoms with van der Waals surface area (Å²) in [6.07, 6.45) is 27.2. The average Bonchev–Trinajstić information content (AvgIpc) is 2.92. The largest absolute Gasteiger partial charge is 0.480 e. The van der Waals surface area contributed by atoms with Gasteiger partial charge >= 0.3 is 11.0 Å². The van der Waals surface area contributed by atoms with Gasteiger partial charge in [-0.3, -0.25) is 0 Å². The summed E-state index contributed by atoms with van der Waals surface area (Å²) >= 11 is 0. The quantitative estimate of drug-likeness (QED) is 0.0406. The van der Waals surface area contributed by atoms with Crippen LogP contribution >= 0.6 is 0 Å². The van der Waals surface area contributed by atoms with Gasteiger partial charge in [-0.15, -0.1) is 0 Å². The molecule has 0 radical (unpaired) electrons. The Balaban J connectivity index is 0. The lowest BCUT2D eigenvalue weighted by Gasteiger charge is -2.38. The average molecular weight is 707 g/mol. The van der Waals surface area contributed by atoms with E-state index in [0.717, 1.165) is 34.8 Å². The highest BCUT2D eigenvalue weighted by Gasteiger charge is 2.47. The van der Waals surface area contributed by atoms with Gasteiger partial charge in [-0.05, 0) is 51.4 Å². The summed E-state index contributed by atoms with van der Waals surface area (Å²) in [7, 11) is -13.4. The van der Waals surface area contributed by atoms with E-state index >= 15 is 0 Å². The number of nitrogens with zero attached hydrogens (tertiary/aromatic N) is 2. The molecule has 0 fully saturated rings. The van der Waals surface area contributed by atoms with Crippen molar-refractivity contribution in [1.29, 1.82) is 0 Å². The molecule has 0 spiro atoms. The van der Waals surface area contributed by atoms with Crippen molar-refractivity contribution in [2.75, 3.05) is 39.4 Å². The Bertz CT molecular complexity index is 911. The molecule has 0 saturated carbocycles. The van der Waals surface area contributed by atoms with E-state index in [1.807, 2.05) is 0 Å². The number of sulfonamides is 2. The first kappa shape index (κ1) is 46.2. The maximum Gasteiger partial charge on any atom is 0.480 e. The predicted molar refractivity (Wildman–Crippen MR) is 166 cm³/mol. The number of quaternary nitrogens is 1. The Morgan fingerprint density at radius 3 is 1.20 bits per heavy atom. The van der Waals surface area contributed by atoms with Crippen LogP contribution in [0.4, 0.5) is 26.3 Å². The van der Waals surface area contributed by atoms with Crippen LogP contribution in [0.1, 0.15) is 123 Å². The minimum Gasteiger partial charge on any atom is -0.421 e. The van der Waals surface area contributed by atoms with Crippen molar-refractivity contribution in [3.63, 3.8) is 0 Å². The molecule has 0 aliphatic heterocycles. The third-order valence-electron chi connectivity index (χ3n) is 7.31. The molecule has 0 aromatic heterocycles. The van der Waals surface area contributed by atoms with Crippen molar-refractivity contribution in [2.45, 2.75) is 134 Å². The number of aliphatic hydroxyl groups excluding tert-OH is 2. The second kappa shape index (κ2) is 25.1. The van der Waals surface area contributed by atoms with Crippen molar-refractivity contribution >= 4 is 20.0 Å². The molecule has 0 aliphatic rings. The zero-order chi connectivity index (χ0) is 34.9. The van der Waals surface area contributed by atoms with Crippen molar-refractivity contribution < 1.29 is 57.9 Å². The van der Waals surface area contributed by atoms with Gasteiger partial charge in [-0.1, -0.05) is 83.8 Å². The van der Waals surface area contributed by atoms with E-state index < -0.39 is 31.1 Å². The van der Waals surface area contributed by atoms with Gasteiger partial charge < -0.3 is 18.8 Å². The van der Waals surface area contributed by atoms with Gasteiger partial charge in [0.2, 0.25) is 0 Å². The summed E-state index contributed by atoms with van der Waals surface area (Å²) in [5, 5.41) is 19.0. The molecule has 0 saturated heterocycles. The molecule has 16 heteroatoms. The standard InChI is InChI=1S/C27H56NO2.C2F6NO4S2/c1-3-5-7-8-9-10-11-12-13-14-15-16-17-18-19-21-23-28(24-26-29,25-27-30)22-20-6-4-2;3-1(4,5)14(10,11)9-15(12,13)2(6,7)8/h12-13,29-30H,3-11,14-27H2,1-2H3;/q+1;-1/b13-12-;. The first-order valence-corrected chi connectivity index (χ1v) is 18.9. The second-order valence-electron chi connectivity index (χ2n) is 11.2. The van der Waals surface area contributed by atoms with Gasteiger partial charge in [0, 0.05) is 0 Å². The fourth-order valence-corrected chi connectivity index (χ4v) is 6.41. The van der Waals surface area contributed by atoms with Crippen LogP contribution in [0.25, 0.3) is 4.13 Å². The van der Waals surface area contributed by atoms with Crippen molar-refractivity contribution in [3.05, 3.63) is 16.3 Å². The number of allylic oxidation sites excluding steroid dienone is 2. The fraction of sp³-hybridized carbons (Fsp3) is 0.931. The highest BCUT2D eigenvalue weighted by Crippen LogP contribution is 2.36. The minimum atomic E-state index is -6.72. The van der Waals surface area contributed by atoms with Crippen LogP contribution in [0, 0.1) is 0 Å². The lowest BCUT2D eigenvalue weighted by Crippen LogP contribution is -2.52. The third-order valence-corrected chi connectivity index (χ3v) is 10.1. The first-order chi connectivity index (χ1) is 20.9. The molecule has 8 nitrogen and oxygen atoms in total. The number of halogens is 6. The summed E-state index contributed by atoms with van der Waals surface area (Å²) in [5.41, 5.74) is -12.4. The molecule has 0 heterocycles. The Morgan fingerprint density at radius 2 is 0.844 bits per heavy atom. The number of rotatable bonds is 26. The van der Waals surface area contributed by atoms with E-state index in [4.69, 9.17) is 0 Å². The van der Waals surface area contributed by atoms with E-state index in [-0.39, 0.29) is 13.2 Å². The molecular formula is C29H56F6N2O6S2. The highest BCUT2D eigenvalue weighted by atomic mass is 32.3. The van der Waals surface area contributed by atoms with Crippen molar-refractivity contribution in [2.24, 2.45) is 0 Å². The van der Waals surface area contributed by atoms with E-state index in [1.165, 1.54) is 109 Å². The maximum absolute atomic E-state index is 11.4. The molecule has 0 aromatic rings. The number of unbranched alkanes of at least 4 members (excludes halogenated alkanes) is 14. The molecule has 2 N–H and O–H groups in total. The summed E-state index contributed by atoms with van der Waals surface area (Å²) in [5.74, 6) is 0. The Morgan fingerprint density at radius 1 is 0.533 bits per heavy atom. The van der Waals surface area contributed by atoms with Crippen LogP contribution in [0.5, 0.6) is 0 Å². The van der Waals surface area contributed by atoms with Crippen LogP contribution in [0.15, 0.2) is 12.2 Å². The van der Waals surface area contributed by atoms with Gasteiger partial charge in [0.25, 0.3) is 0 Å². The van der Waals surface area contributed by atoms with Gasteiger partial charge in [0.1, 0.15) is 13.1 Å². The first-order valence-electron chi connectivity index (χ1n) is 16.0.